The molecule has 0 aliphatic carbocycles. The van der Waals surface area contributed by atoms with E-state index in [9.17, 15) is 0 Å². The van der Waals surface area contributed by atoms with E-state index in [-0.39, 0.29) is 5.54 Å². The van der Waals surface area contributed by atoms with Gasteiger partial charge in [0.1, 0.15) is 0 Å². The molecule has 2 rings (SSSR count). The molecule has 1 fully saturated rings. The summed E-state index contributed by atoms with van der Waals surface area (Å²) in [5.41, 5.74) is 6.94. The fraction of sp³-hybridized carbons (Fsp3) is 0.455. The van der Waals surface area contributed by atoms with Crippen LogP contribution in [0.3, 0.4) is 0 Å². The Kier molecular flexibility index (Phi) is 2.84. The molecular weight excluding hydrogens is 231 g/mol. The normalized spacial score (nSPS) is 26.0. The van der Waals surface area contributed by atoms with Crippen LogP contribution in [-0.4, -0.2) is 18.6 Å². The van der Waals surface area contributed by atoms with E-state index in [4.69, 9.17) is 28.9 Å². The molecule has 82 valence electrons. The first-order chi connectivity index (χ1) is 6.98. The Labute approximate surface area is 100.0 Å². The second kappa shape index (κ2) is 3.85. The van der Waals surface area contributed by atoms with Gasteiger partial charge in [0.2, 0.25) is 0 Å². The van der Waals surface area contributed by atoms with Crippen molar-refractivity contribution in [2.75, 3.05) is 18.0 Å². The second-order valence-electron chi connectivity index (χ2n) is 4.42. The number of nitrogens with zero attached hydrogens (tertiary/aromatic N) is 1. The Bertz CT molecular complexity index is 377. The Morgan fingerprint density at radius 3 is 2.73 bits per heavy atom. The standard InChI is InChI=1S/C11H14Cl2N2/c1-11(14)4-5-15(7-11)10-6-8(12)2-3-9(10)13/h2-3,6H,4-5,7,14H2,1H3. The first-order valence-electron chi connectivity index (χ1n) is 4.97. The van der Waals surface area contributed by atoms with Gasteiger partial charge >= 0.3 is 0 Å². The Morgan fingerprint density at radius 2 is 2.13 bits per heavy atom. The van der Waals surface area contributed by atoms with Gasteiger partial charge in [-0.1, -0.05) is 23.2 Å². The fourth-order valence-corrected chi connectivity index (χ4v) is 2.32. The molecule has 1 aliphatic heterocycles. The maximum Gasteiger partial charge on any atom is 0.0640 e. The first-order valence-corrected chi connectivity index (χ1v) is 5.72. The van der Waals surface area contributed by atoms with Crippen molar-refractivity contribution in [1.29, 1.82) is 0 Å². The summed E-state index contributed by atoms with van der Waals surface area (Å²) in [6.45, 7) is 3.82. The molecule has 1 atom stereocenters. The number of nitrogens with two attached hydrogens (primary N) is 1. The highest BCUT2D eigenvalue weighted by molar-refractivity contribution is 6.35. The average molecular weight is 245 g/mol. The summed E-state index contributed by atoms with van der Waals surface area (Å²) in [5.74, 6) is 0. The van der Waals surface area contributed by atoms with Crippen LogP contribution in [0.5, 0.6) is 0 Å². The van der Waals surface area contributed by atoms with Crippen molar-refractivity contribution in [3.8, 4) is 0 Å². The van der Waals surface area contributed by atoms with E-state index in [1.807, 2.05) is 12.1 Å². The molecule has 1 unspecified atom stereocenters. The summed E-state index contributed by atoms with van der Waals surface area (Å²) in [7, 11) is 0. The van der Waals surface area contributed by atoms with Crippen molar-refractivity contribution in [2.45, 2.75) is 18.9 Å². The molecule has 0 radical (unpaired) electrons. The molecule has 1 aliphatic rings. The number of hydrogen-bond acceptors (Lipinski definition) is 2. The second-order valence-corrected chi connectivity index (χ2v) is 5.26. The van der Waals surface area contributed by atoms with Crippen molar-refractivity contribution in [2.24, 2.45) is 5.73 Å². The van der Waals surface area contributed by atoms with Crippen LogP contribution in [-0.2, 0) is 0 Å². The van der Waals surface area contributed by atoms with Crippen molar-refractivity contribution in [1.82, 2.24) is 0 Å². The Hall–Kier alpha value is -0.440. The smallest absolute Gasteiger partial charge is 0.0640 e. The van der Waals surface area contributed by atoms with E-state index < -0.39 is 0 Å². The number of halogens is 2. The lowest BCUT2D eigenvalue weighted by Crippen LogP contribution is -2.39. The van der Waals surface area contributed by atoms with Crippen LogP contribution in [0.1, 0.15) is 13.3 Å². The van der Waals surface area contributed by atoms with Gasteiger partial charge in [-0.05, 0) is 31.5 Å². The summed E-state index contributed by atoms with van der Waals surface area (Å²) in [4.78, 5) is 2.19. The largest absolute Gasteiger partial charge is 0.368 e. The molecule has 1 saturated heterocycles. The molecule has 2 N–H and O–H groups in total. The molecular formula is C11H14Cl2N2. The molecule has 0 amide bonds. The lowest BCUT2D eigenvalue weighted by Gasteiger charge is -2.22. The molecule has 0 spiro atoms. The zero-order valence-electron chi connectivity index (χ0n) is 8.63. The third-order valence-electron chi connectivity index (χ3n) is 2.75. The predicted octanol–water partition coefficient (Wildman–Crippen LogP) is 2.92. The zero-order valence-corrected chi connectivity index (χ0v) is 10.1. The van der Waals surface area contributed by atoms with Crippen molar-refractivity contribution < 1.29 is 0 Å². The SMILES string of the molecule is CC1(N)CCN(c2cc(Cl)ccc2Cl)C1. The topological polar surface area (TPSA) is 29.3 Å². The van der Waals surface area contributed by atoms with Crippen LogP contribution in [0.2, 0.25) is 10.0 Å². The van der Waals surface area contributed by atoms with Gasteiger partial charge < -0.3 is 10.6 Å². The van der Waals surface area contributed by atoms with Gasteiger partial charge in [-0.2, -0.15) is 0 Å². The van der Waals surface area contributed by atoms with Gasteiger partial charge in [-0.3, -0.25) is 0 Å². The highest BCUT2D eigenvalue weighted by atomic mass is 35.5. The van der Waals surface area contributed by atoms with E-state index in [1.165, 1.54) is 0 Å². The van der Waals surface area contributed by atoms with E-state index in [2.05, 4.69) is 11.8 Å². The molecule has 15 heavy (non-hydrogen) atoms. The summed E-state index contributed by atoms with van der Waals surface area (Å²) in [6, 6.07) is 5.52. The van der Waals surface area contributed by atoms with Crippen LogP contribution >= 0.6 is 23.2 Å². The minimum absolute atomic E-state index is 0.119. The number of hydrogen-bond donors (Lipinski definition) is 1. The quantitative estimate of drug-likeness (QED) is 0.824. The third-order valence-corrected chi connectivity index (χ3v) is 3.31. The monoisotopic (exact) mass is 244 g/mol. The minimum Gasteiger partial charge on any atom is -0.368 e. The van der Waals surface area contributed by atoms with Crippen LogP contribution in [0.25, 0.3) is 0 Å². The van der Waals surface area contributed by atoms with Gasteiger partial charge in [0, 0.05) is 23.7 Å². The van der Waals surface area contributed by atoms with Gasteiger partial charge in [0.15, 0.2) is 0 Å². The maximum atomic E-state index is 6.13. The number of anilines is 1. The van der Waals surface area contributed by atoms with E-state index >= 15 is 0 Å². The molecule has 1 aromatic rings. The number of rotatable bonds is 1. The van der Waals surface area contributed by atoms with Crippen molar-refractivity contribution >= 4 is 28.9 Å². The third kappa shape index (κ3) is 2.39. The summed E-state index contributed by atoms with van der Waals surface area (Å²) in [5, 5.41) is 1.44. The summed E-state index contributed by atoms with van der Waals surface area (Å²) in [6.07, 6.45) is 0.982. The first kappa shape index (κ1) is 11.1. The van der Waals surface area contributed by atoms with E-state index in [0.717, 1.165) is 30.2 Å². The van der Waals surface area contributed by atoms with Crippen molar-refractivity contribution in [3.05, 3.63) is 28.2 Å². The maximum absolute atomic E-state index is 6.13. The molecule has 0 saturated carbocycles. The van der Waals surface area contributed by atoms with E-state index in [0.29, 0.717) is 5.02 Å². The molecule has 1 heterocycles. The van der Waals surface area contributed by atoms with Gasteiger partial charge in [-0.15, -0.1) is 0 Å². The average Bonchev–Trinajstić information content (AvgIpc) is 2.50. The van der Waals surface area contributed by atoms with Gasteiger partial charge in [0.25, 0.3) is 0 Å². The van der Waals surface area contributed by atoms with Crippen LogP contribution in [0.4, 0.5) is 5.69 Å². The molecule has 2 nitrogen and oxygen atoms in total. The lowest BCUT2D eigenvalue weighted by atomic mass is 10.0. The number of benzene rings is 1. The van der Waals surface area contributed by atoms with Crippen molar-refractivity contribution in [3.63, 3.8) is 0 Å². The highest BCUT2D eigenvalue weighted by Crippen LogP contribution is 2.33. The lowest BCUT2D eigenvalue weighted by molar-refractivity contribution is 0.525. The van der Waals surface area contributed by atoms with Gasteiger partial charge in [-0.25, -0.2) is 0 Å². The summed E-state index contributed by atoms with van der Waals surface area (Å²) < 4.78 is 0. The highest BCUT2D eigenvalue weighted by Gasteiger charge is 2.30. The summed E-state index contributed by atoms with van der Waals surface area (Å²) >= 11 is 12.1. The van der Waals surface area contributed by atoms with Crippen LogP contribution in [0, 0.1) is 0 Å². The van der Waals surface area contributed by atoms with Crippen LogP contribution < -0.4 is 10.6 Å². The zero-order chi connectivity index (χ0) is 11.1. The van der Waals surface area contributed by atoms with Gasteiger partial charge in [0.05, 0.1) is 10.7 Å². The Morgan fingerprint density at radius 1 is 1.40 bits per heavy atom. The Balaban J connectivity index is 2.27. The van der Waals surface area contributed by atoms with E-state index in [1.54, 1.807) is 6.07 Å². The fourth-order valence-electron chi connectivity index (χ4n) is 1.92. The minimum atomic E-state index is -0.119. The van der Waals surface area contributed by atoms with Crippen LogP contribution in [0.15, 0.2) is 18.2 Å². The molecule has 0 aromatic heterocycles. The predicted molar refractivity (Wildman–Crippen MR) is 65.9 cm³/mol. The molecule has 0 bridgehead atoms. The molecule has 1 aromatic carbocycles. The molecule has 4 heteroatoms.